The first-order chi connectivity index (χ1) is 6.28. The first kappa shape index (κ1) is 9.00. The monoisotopic (exact) mass is 183 g/mol. The van der Waals surface area contributed by atoms with Crippen LogP contribution in [0.25, 0.3) is 0 Å². The summed E-state index contributed by atoms with van der Waals surface area (Å²) in [4.78, 5) is 13.7. The van der Waals surface area contributed by atoms with Gasteiger partial charge in [-0.3, -0.25) is 4.79 Å². The quantitative estimate of drug-likeness (QED) is 0.611. The van der Waals surface area contributed by atoms with Gasteiger partial charge in [0.05, 0.1) is 12.1 Å². The Balaban J connectivity index is 2.08. The van der Waals surface area contributed by atoms with Crippen LogP contribution in [-0.2, 0) is 9.53 Å². The molecule has 2 rings (SSSR count). The molecule has 1 saturated carbocycles. The average molecular weight is 183 g/mol. The van der Waals surface area contributed by atoms with E-state index in [9.17, 15) is 4.79 Å². The fraction of sp³-hybridized carbons (Fsp3) is 0.900. The first-order valence-electron chi connectivity index (χ1n) is 5.17. The Kier molecular flexibility index (Phi) is 2.28. The lowest BCUT2D eigenvalue weighted by molar-refractivity contribution is -0.134. The highest BCUT2D eigenvalue weighted by atomic mass is 16.5. The smallest absolute Gasteiger partial charge is 0.222 e. The predicted octanol–water partition coefficient (Wildman–Crippen LogP) is 1.18. The van der Waals surface area contributed by atoms with Crippen LogP contribution in [0.2, 0.25) is 0 Å². The molecule has 0 atom stereocenters. The van der Waals surface area contributed by atoms with Crippen molar-refractivity contribution in [1.29, 1.82) is 0 Å². The zero-order valence-corrected chi connectivity index (χ0v) is 8.21. The lowest BCUT2D eigenvalue weighted by atomic mass is 10.2. The number of nitrogens with zero attached hydrogens (tertiary/aromatic N) is 1. The van der Waals surface area contributed by atoms with Crippen LogP contribution in [0.3, 0.4) is 0 Å². The standard InChI is InChI=1S/C10H17NO2/c1-2-9(12)11-6-3-7-13-8-10(11)4-5-10/h2-8H2,1H3. The number of hydrogen-bond acceptors (Lipinski definition) is 2. The van der Waals surface area contributed by atoms with Crippen molar-refractivity contribution in [2.75, 3.05) is 19.8 Å². The SMILES string of the molecule is CCC(=O)N1CCCOCC12CC2. The second-order valence-corrected chi connectivity index (χ2v) is 4.03. The van der Waals surface area contributed by atoms with E-state index >= 15 is 0 Å². The van der Waals surface area contributed by atoms with Crippen molar-refractivity contribution < 1.29 is 9.53 Å². The van der Waals surface area contributed by atoms with Gasteiger partial charge in [-0.1, -0.05) is 6.92 Å². The van der Waals surface area contributed by atoms with Crippen molar-refractivity contribution in [1.82, 2.24) is 4.90 Å². The van der Waals surface area contributed by atoms with Crippen LogP contribution in [0, 0.1) is 0 Å². The summed E-state index contributed by atoms with van der Waals surface area (Å²) >= 11 is 0. The molecule has 74 valence electrons. The third-order valence-electron chi connectivity index (χ3n) is 3.04. The maximum Gasteiger partial charge on any atom is 0.222 e. The Hall–Kier alpha value is -0.570. The molecule has 3 nitrogen and oxygen atoms in total. The highest BCUT2D eigenvalue weighted by molar-refractivity contribution is 5.77. The molecule has 0 aromatic rings. The van der Waals surface area contributed by atoms with Crippen LogP contribution < -0.4 is 0 Å². The minimum atomic E-state index is 0.115. The van der Waals surface area contributed by atoms with E-state index in [0.717, 1.165) is 39.0 Å². The molecule has 0 unspecified atom stereocenters. The predicted molar refractivity (Wildman–Crippen MR) is 49.4 cm³/mol. The number of rotatable bonds is 1. The van der Waals surface area contributed by atoms with Gasteiger partial charge in [0.1, 0.15) is 0 Å². The molecule has 2 fully saturated rings. The molecular formula is C10H17NO2. The van der Waals surface area contributed by atoms with Crippen molar-refractivity contribution in [2.45, 2.75) is 38.1 Å². The van der Waals surface area contributed by atoms with Gasteiger partial charge in [0.25, 0.3) is 0 Å². The Bertz CT molecular complexity index is 211. The molecule has 1 aliphatic heterocycles. The molecule has 1 amide bonds. The first-order valence-corrected chi connectivity index (χ1v) is 5.17. The lowest BCUT2D eigenvalue weighted by Crippen LogP contribution is -2.43. The highest BCUT2D eigenvalue weighted by Crippen LogP contribution is 2.43. The Morgan fingerprint density at radius 1 is 1.54 bits per heavy atom. The van der Waals surface area contributed by atoms with E-state index in [0.29, 0.717) is 12.3 Å². The third kappa shape index (κ3) is 1.57. The largest absolute Gasteiger partial charge is 0.379 e. The fourth-order valence-corrected chi connectivity index (χ4v) is 2.04. The number of amides is 1. The second kappa shape index (κ2) is 3.29. The fourth-order valence-electron chi connectivity index (χ4n) is 2.04. The Morgan fingerprint density at radius 2 is 2.31 bits per heavy atom. The van der Waals surface area contributed by atoms with Crippen LogP contribution in [-0.4, -0.2) is 36.1 Å². The summed E-state index contributed by atoms with van der Waals surface area (Å²) in [6.07, 6.45) is 3.90. The van der Waals surface area contributed by atoms with Crippen molar-refractivity contribution in [3.63, 3.8) is 0 Å². The van der Waals surface area contributed by atoms with E-state index in [4.69, 9.17) is 4.74 Å². The summed E-state index contributed by atoms with van der Waals surface area (Å²) in [7, 11) is 0. The van der Waals surface area contributed by atoms with E-state index in [2.05, 4.69) is 4.90 Å². The normalized spacial score (nSPS) is 25.8. The topological polar surface area (TPSA) is 29.5 Å². The molecule has 0 aromatic heterocycles. The molecule has 0 aromatic carbocycles. The van der Waals surface area contributed by atoms with Crippen LogP contribution in [0.15, 0.2) is 0 Å². The van der Waals surface area contributed by atoms with Crippen molar-refractivity contribution >= 4 is 5.91 Å². The van der Waals surface area contributed by atoms with E-state index in [1.54, 1.807) is 0 Å². The molecule has 1 saturated heterocycles. The zero-order chi connectivity index (χ0) is 9.31. The Morgan fingerprint density at radius 3 is 2.92 bits per heavy atom. The molecule has 1 aliphatic carbocycles. The number of hydrogen-bond donors (Lipinski definition) is 0. The van der Waals surface area contributed by atoms with Gasteiger partial charge < -0.3 is 9.64 Å². The summed E-state index contributed by atoms with van der Waals surface area (Å²) < 4.78 is 5.50. The van der Waals surface area contributed by atoms with Gasteiger partial charge in [-0.05, 0) is 19.3 Å². The van der Waals surface area contributed by atoms with Gasteiger partial charge in [0.2, 0.25) is 5.91 Å². The Labute approximate surface area is 79.0 Å². The van der Waals surface area contributed by atoms with Crippen LogP contribution in [0.1, 0.15) is 32.6 Å². The molecule has 1 spiro atoms. The van der Waals surface area contributed by atoms with Gasteiger partial charge in [-0.15, -0.1) is 0 Å². The van der Waals surface area contributed by atoms with Crippen molar-refractivity contribution in [3.05, 3.63) is 0 Å². The summed E-state index contributed by atoms with van der Waals surface area (Å²) in [6.45, 7) is 4.41. The van der Waals surface area contributed by atoms with Gasteiger partial charge in [-0.25, -0.2) is 0 Å². The maximum absolute atomic E-state index is 11.6. The minimum absolute atomic E-state index is 0.115. The zero-order valence-electron chi connectivity index (χ0n) is 8.21. The van der Waals surface area contributed by atoms with E-state index in [1.807, 2.05) is 6.92 Å². The summed E-state index contributed by atoms with van der Waals surface area (Å²) in [5.74, 6) is 0.294. The molecule has 0 radical (unpaired) electrons. The van der Waals surface area contributed by atoms with Gasteiger partial charge in [0, 0.05) is 19.6 Å². The van der Waals surface area contributed by atoms with Crippen LogP contribution in [0.4, 0.5) is 0 Å². The van der Waals surface area contributed by atoms with Crippen LogP contribution in [0.5, 0.6) is 0 Å². The lowest BCUT2D eigenvalue weighted by Gasteiger charge is -2.29. The molecular weight excluding hydrogens is 166 g/mol. The summed E-state index contributed by atoms with van der Waals surface area (Å²) in [6, 6.07) is 0. The molecule has 2 aliphatic rings. The van der Waals surface area contributed by atoms with Crippen LogP contribution >= 0.6 is 0 Å². The number of carbonyl (C=O) groups is 1. The van der Waals surface area contributed by atoms with Gasteiger partial charge in [0.15, 0.2) is 0 Å². The molecule has 0 bridgehead atoms. The molecule has 3 heteroatoms. The number of carbonyl (C=O) groups excluding carboxylic acids is 1. The van der Waals surface area contributed by atoms with Crippen molar-refractivity contribution in [2.24, 2.45) is 0 Å². The van der Waals surface area contributed by atoms with E-state index in [1.165, 1.54) is 0 Å². The molecule has 13 heavy (non-hydrogen) atoms. The average Bonchev–Trinajstić information content (AvgIpc) is 2.94. The van der Waals surface area contributed by atoms with Gasteiger partial charge >= 0.3 is 0 Å². The van der Waals surface area contributed by atoms with E-state index < -0.39 is 0 Å². The van der Waals surface area contributed by atoms with Crippen molar-refractivity contribution in [3.8, 4) is 0 Å². The summed E-state index contributed by atoms with van der Waals surface area (Å²) in [5.41, 5.74) is 0.115. The van der Waals surface area contributed by atoms with Gasteiger partial charge in [-0.2, -0.15) is 0 Å². The number of ether oxygens (including phenoxy) is 1. The summed E-state index contributed by atoms with van der Waals surface area (Å²) in [5, 5.41) is 0. The third-order valence-corrected chi connectivity index (χ3v) is 3.04. The second-order valence-electron chi connectivity index (χ2n) is 4.03. The maximum atomic E-state index is 11.6. The molecule has 1 heterocycles. The highest BCUT2D eigenvalue weighted by Gasteiger charge is 2.50. The molecule has 0 N–H and O–H groups in total. The van der Waals surface area contributed by atoms with E-state index in [-0.39, 0.29) is 5.54 Å². The minimum Gasteiger partial charge on any atom is -0.379 e.